The van der Waals surface area contributed by atoms with E-state index in [-0.39, 0.29) is 6.61 Å². The predicted molar refractivity (Wildman–Crippen MR) is 100 cm³/mol. The number of fused-ring (bicyclic) bond motifs is 1. The van der Waals surface area contributed by atoms with Crippen LogP contribution in [0, 0.1) is 0 Å². The largest absolute Gasteiger partial charge is 0.396 e. The molecule has 1 saturated carbocycles. The molecule has 0 saturated heterocycles. The molecule has 0 radical (unpaired) electrons. The normalized spacial score (nSPS) is 16.6. The van der Waals surface area contributed by atoms with Crippen LogP contribution in [0.4, 0.5) is 11.8 Å². The van der Waals surface area contributed by atoms with Gasteiger partial charge in [0.15, 0.2) is 0 Å². The Labute approximate surface area is 153 Å². The van der Waals surface area contributed by atoms with E-state index >= 15 is 0 Å². The molecule has 1 fully saturated rings. The minimum atomic E-state index is 0.174. The lowest BCUT2D eigenvalue weighted by Gasteiger charge is -2.30. The third kappa shape index (κ3) is 3.88. The minimum absolute atomic E-state index is 0.174. The Morgan fingerprint density at radius 1 is 1.20 bits per heavy atom. The van der Waals surface area contributed by atoms with Gasteiger partial charge in [-0.25, -0.2) is 4.98 Å². The number of benzene rings is 1. The van der Waals surface area contributed by atoms with Gasteiger partial charge in [-0.05, 0) is 48.9 Å². The van der Waals surface area contributed by atoms with Gasteiger partial charge in [0.1, 0.15) is 5.82 Å². The molecule has 0 spiro atoms. The number of aliphatic hydroxyl groups is 1. The maximum atomic E-state index is 8.97. The van der Waals surface area contributed by atoms with Crippen molar-refractivity contribution in [3.05, 3.63) is 46.1 Å². The van der Waals surface area contributed by atoms with Crippen molar-refractivity contribution in [1.82, 2.24) is 9.97 Å². The van der Waals surface area contributed by atoms with Crippen LogP contribution in [-0.4, -0.2) is 34.8 Å². The van der Waals surface area contributed by atoms with Gasteiger partial charge in [0.05, 0.1) is 5.69 Å². The Morgan fingerprint density at radius 2 is 2.08 bits per heavy atom. The fourth-order valence-electron chi connectivity index (χ4n) is 3.28. The second kappa shape index (κ2) is 7.18. The molecule has 132 valence electrons. The lowest BCUT2D eigenvalue weighted by Crippen LogP contribution is -2.31. The molecule has 6 heteroatoms. The van der Waals surface area contributed by atoms with Crippen LogP contribution in [0.5, 0.6) is 0 Å². The van der Waals surface area contributed by atoms with Gasteiger partial charge in [-0.3, -0.25) is 0 Å². The molecule has 2 aromatic rings. The molecule has 1 aromatic heterocycles. The molecule has 0 bridgehead atoms. The molecule has 1 aliphatic heterocycles. The molecule has 25 heavy (non-hydrogen) atoms. The Balaban J connectivity index is 1.57. The zero-order valence-electron chi connectivity index (χ0n) is 14.2. The summed E-state index contributed by atoms with van der Waals surface area (Å²) in [6.45, 7) is 2.65. The summed E-state index contributed by atoms with van der Waals surface area (Å²) in [5.74, 6) is 2.25. The van der Waals surface area contributed by atoms with E-state index in [9.17, 15) is 0 Å². The average molecular weight is 359 g/mol. The highest BCUT2D eigenvalue weighted by atomic mass is 35.5. The summed E-state index contributed by atoms with van der Waals surface area (Å²) in [4.78, 5) is 11.7. The number of aliphatic hydroxyl groups excluding tert-OH is 1. The zero-order chi connectivity index (χ0) is 17.2. The molecule has 5 nitrogen and oxygen atoms in total. The fraction of sp³-hybridized carbons (Fsp3) is 0.474. The second-order valence-electron chi connectivity index (χ2n) is 6.84. The standard InChI is InChI=1S/C19H23ClN4O/c20-16-5-4-15-12-24(8-6-14(15)10-16)18-11-17(13-2-3-13)22-19(23-18)21-7-1-9-25/h4-5,10-11,13,25H,1-3,6-9,12H2,(H,21,22,23). The van der Waals surface area contributed by atoms with Crippen LogP contribution < -0.4 is 10.2 Å². The van der Waals surface area contributed by atoms with Crippen molar-refractivity contribution in [1.29, 1.82) is 0 Å². The summed E-state index contributed by atoms with van der Waals surface area (Å²) in [7, 11) is 0. The summed E-state index contributed by atoms with van der Waals surface area (Å²) in [5, 5.41) is 13.0. The Morgan fingerprint density at radius 3 is 2.88 bits per heavy atom. The smallest absolute Gasteiger partial charge is 0.224 e. The van der Waals surface area contributed by atoms with Crippen molar-refractivity contribution in [2.24, 2.45) is 0 Å². The number of hydrogen-bond donors (Lipinski definition) is 2. The zero-order valence-corrected chi connectivity index (χ0v) is 15.0. The van der Waals surface area contributed by atoms with Crippen LogP contribution in [0.3, 0.4) is 0 Å². The number of nitrogens with zero attached hydrogens (tertiary/aromatic N) is 3. The highest BCUT2D eigenvalue weighted by Gasteiger charge is 2.27. The Hall–Kier alpha value is -1.85. The first-order valence-corrected chi connectivity index (χ1v) is 9.36. The van der Waals surface area contributed by atoms with Crippen molar-refractivity contribution >= 4 is 23.4 Å². The van der Waals surface area contributed by atoms with E-state index < -0.39 is 0 Å². The molecular formula is C19H23ClN4O. The molecule has 0 atom stereocenters. The molecule has 0 amide bonds. The SMILES string of the molecule is OCCCNc1nc(C2CC2)cc(N2CCc3cc(Cl)ccc3C2)n1. The van der Waals surface area contributed by atoms with Gasteiger partial charge in [0, 0.05) is 43.2 Å². The van der Waals surface area contributed by atoms with E-state index in [0.717, 1.165) is 36.0 Å². The maximum Gasteiger partial charge on any atom is 0.224 e. The first-order chi connectivity index (χ1) is 12.2. The van der Waals surface area contributed by atoms with Crippen LogP contribution in [0.2, 0.25) is 5.02 Å². The summed E-state index contributed by atoms with van der Waals surface area (Å²) in [6, 6.07) is 8.30. The highest BCUT2D eigenvalue weighted by Crippen LogP contribution is 2.40. The van der Waals surface area contributed by atoms with Gasteiger partial charge < -0.3 is 15.3 Å². The van der Waals surface area contributed by atoms with Crippen LogP contribution in [-0.2, 0) is 13.0 Å². The second-order valence-corrected chi connectivity index (χ2v) is 7.27. The lowest BCUT2D eigenvalue weighted by atomic mass is 10.00. The van der Waals surface area contributed by atoms with Crippen molar-refractivity contribution in [3.8, 4) is 0 Å². The third-order valence-corrected chi connectivity index (χ3v) is 5.09. The van der Waals surface area contributed by atoms with E-state index in [1.54, 1.807) is 0 Å². The number of hydrogen-bond acceptors (Lipinski definition) is 5. The summed E-state index contributed by atoms with van der Waals surface area (Å²) < 4.78 is 0. The summed E-state index contributed by atoms with van der Waals surface area (Å²) in [5.41, 5.74) is 3.79. The molecule has 2 heterocycles. The monoisotopic (exact) mass is 358 g/mol. The van der Waals surface area contributed by atoms with Crippen LogP contribution in [0.1, 0.15) is 42.0 Å². The van der Waals surface area contributed by atoms with E-state index in [1.165, 1.54) is 24.0 Å². The fourth-order valence-corrected chi connectivity index (χ4v) is 3.47. The van der Waals surface area contributed by atoms with Gasteiger partial charge in [-0.1, -0.05) is 17.7 Å². The molecule has 0 unspecified atom stereocenters. The van der Waals surface area contributed by atoms with Gasteiger partial charge in [-0.2, -0.15) is 4.98 Å². The summed E-state index contributed by atoms with van der Waals surface area (Å²) in [6.07, 6.45) is 4.11. The van der Waals surface area contributed by atoms with Gasteiger partial charge in [0.25, 0.3) is 0 Å². The minimum Gasteiger partial charge on any atom is -0.396 e. The molecule has 4 rings (SSSR count). The van der Waals surface area contributed by atoms with Crippen LogP contribution in [0.25, 0.3) is 0 Å². The molecule has 2 N–H and O–H groups in total. The third-order valence-electron chi connectivity index (χ3n) is 4.85. The van der Waals surface area contributed by atoms with Crippen LogP contribution in [0.15, 0.2) is 24.3 Å². The summed E-state index contributed by atoms with van der Waals surface area (Å²) >= 11 is 6.11. The van der Waals surface area contributed by atoms with Gasteiger partial charge in [0.2, 0.25) is 5.95 Å². The van der Waals surface area contributed by atoms with Crippen molar-refractivity contribution in [2.45, 2.75) is 38.1 Å². The number of aromatic nitrogens is 2. The van der Waals surface area contributed by atoms with Crippen LogP contribution >= 0.6 is 11.6 Å². The Kier molecular flexibility index (Phi) is 4.77. The number of nitrogens with one attached hydrogen (secondary N) is 1. The van der Waals surface area contributed by atoms with Crippen molar-refractivity contribution in [2.75, 3.05) is 29.9 Å². The van der Waals surface area contributed by atoms with E-state index in [2.05, 4.69) is 33.4 Å². The number of halogens is 1. The predicted octanol–water partition coefficient (Wildman–Crippen LogP) is 3.36. The number of anilines is 2. The van der Waals surface area contributed by atoms with Gasteiger partial charge in [-0.15, -0.1) is 0 Å². The van der Waals surface area contributed by atoms with E-state index in [1.807, 2.05) is 6.07 Å². The lowest BCUT2D eigenvalue weighted by molar-refractivity contribution is 0.292. The molecule has 2 aliphatic rings. The van der Waals surface area contributed by atoms with E-state index in [0.29, 0.717) is 24.8 Å². The first-order valence-electron chi connectivity index (χ1n) is 8.99. The maximum absolute atomic E-state index is 8.97. The molecule has 1 aliphatic carbocycles. The van der Waals surface area contributed by atoms with E-state index in [4.69, 9.17) is 21.7 Å². The van der Waals surface area contributed by atoms with Crippen molar-refractivity contribution in [3.63, 3.8) is 0 Å². The highest BCUT2D eigenvalue weighted by molar-refractivity contribution is 6.30. The van der Waals surface area contributed by atoms with Gasteiger partial charge >= 0.3 is 0 Å². The molecule has 1 aromatic carbocycles. The topological polar surface area (TPSA) is 61.3 Å². The number of rotatable bonds is 6. The average Bonchev–Trinajstić information content (AvgIpc) is 3.46. The quantitative estimate of drug-likeness (QED) is 0.775. The Bertz CT molecular complexity index is 763. The molecular weight excluding hydrogens is 336 g/mol. The first kappa shape index (κ1) is 16.6. The van der Waals surface area contributed by atoms with Crippen molar-refractivity contribution < 1.29 is 5.11 Å².